The van der Waals surface area contributed by atoms with Gasteiger partial charge in [0.1, 0.15) is 0 Å². The summed E-state index contributed by atoms with van der Waals surface area (Å²) >= 11 is 1.75. The molecule has 3 heterocycles. The minimum absolute atomic E-state index is 0.129. The number of ketones is 1. The first-order chi connectivity index (χ1) is 16.7. The molecule has 2 aliphatic heterocycles. The third-order valence-corrected chi connectivity index (χ3v) is 9.53. The number of carbonyl (C=O) groups is 1. The first kappa shape index (κ1) is 22.2. The van der Waals surface area contributed by atoms with Crippen LogP contribution in [0.1, 0.15) is 70.5 Å². The zero-order valence-electron chi connectivity index (χ0n) is 19.8. The molecule has 1 aromatic heterocycles. The van der Waals surface area contributed by atoms with Crippen LogP contribution >= 0.6 is 11.3 Å². The molecule has 0 amide bonds. The van der Waals surface area contributed by atoms with Gasteiger partial charge in [-0.3, -0.25) is 9.69 Å². The average molecular weight is 472 g/mol. The highest BCUT2D eigenvalue weighted by Crippen LogP contribution is 2.44. The summed E-state index contributed by atoms with van der Waals surface area (Å²) in [6.45, 7) is 3.42. The summed E-state index contributed by atoms with van der Waals surface area (Å²) in [6.07, 6.45) is 7.48. The second-order valence-electron chi connectivity index (χ2n) is 10.3. The molecular formula is C30H33NO2S. The van der Waals surface area contributed by atoms with Crippen molar-refractivity contribution in [1.29, 1.82) is 0 Å². The summed E-state index contributed by atoms with van der Waals surface area (Å²) in [5.74, 6) is 0.388. The van der Waals surface area contributed by atoms with Crippen molar-refractivity contribution in [3.05, 3.63) is 93.2 Å². The highest BCUT2D eigenvalue weighted by molar-refractivity contribution is 7.10. The second-order valence-corrected chi connectivity index (χ2v) is 11.3. The van der Waals surface area contributed by atoms with Gasteiger partial charge in [0.25, 0.3) is 0 Å². The Balaban J connectivity index is 1.27. The Bertz CT molecular complexity index is 1170. The number of piperidine rings is 1. The predicted molar refractivity (Wildman–Crippen MR) is 138 cm³/mol. The van der Waals surface area contributed by atoms with Crippen LogP contribution < -0.4 is 0 Å². The number of nitrogens with zero attached hydrogens (tertiary/aromatic N) is 1. The van der Waals surface area contributed by atoms with E-state index in [9.17, 15) is 4.79 Å². The topological polar surface area (TPSA) is 29.5 Å². The van der Waals surface area contributed by atoms with Crippen LogP contribution in [0.5, 0.6) is 0 Å². The molecule has 2 atom stereocenters. The molecular weight excluding hydrogens is 438 g/mol. The maximum absolute atomic E-state index is 13.7. The Morgan fingerprint density at radius 2 is 1.82 bits per heavy atom. The summed E-state index contributed by atoms with van der Waals surface area (Å²) in [7, 11) is 0. The molecule has 1 saturated heterocycles. The van der Waals surface area contributed by atoms with Gasteiger partial charge in [-0.15, -0.1) is 11.3 Å². The zero-order chi connectivity index (χ0) is 23.0. The number of fused-ring (bicyclic) bond motifs is 2. The molecule has 3 nitrogen and oxygen atoms in total. The molecule has 34 heavy (non-hydrogen) atoms. The van der Waals surface area contributed by atoms with Crippen molar-refractivity contribution in [2.45, 2.75) is 62.5 Å². The fraction of sp³-hybridized carbons (Fsp3) is 0.433. The molecule has 2 aromatic carbocycles. The number of thiophene rings is 1. The van der Waals surface area contributed by atoms with E-state index < -0.39 is 0 Å². The Labute approximate surface area is 206 Å². The number of benzene rings is 2. The van der Waals surface area contributed by atoms with Crippen LogP contribution in [0.3, 0.4) is 0 Å². The molecule has 4 heteroatoms. The quantitative estimate of drug-likeness (QED) is 0.431. The van der Waals surface area contributed by atoms with Crippen LogP contribution in [0.2, 0.25) is 0 Å². The lowest BCUT2D eigenvalue weighted by atomic mass is 9.69. The molecule has 6 rings (SSSR count). The normalized spacial score (nSPS) is 26.9. The van der Waals surface area contributed by atoms with Crippen molar-refractivity contribution in [2.75, 3.05) is 19.7 Å². The fourth-order valence-electron chi connectivity index (χ4n) is 6.82. The Hall–Kier alpha value is -2.27. The van der Waals surface area contributed by atoms with E-state index >= 15 is 0 Å². The lowest BCUT2D eigenvalue weighted by Gasteiger charge is -2.48. The van der Waals surface area contributed by atoms with E-state index in [1.807, 2.05) is 0 Å². The number of likely N-dealkylation sites (tertiary alicyclic amines) is 1. The minimum Gasteiger partial charge on any atom is -0.375 e. The third-order valence-electron chi connectivity index (χ3n) is 8.55. The van der Waals surface area contributed by atoms with E-state index in [4.69, 9.17) is 4.74 Å². The van der Waals surface area contributed by atoms with E-state index in [0.29, 0.717) is 12.4 Å². The van der Waals surface area contributed by atoms with Gasteiger partial charge in [0.05, 0.1) is 18.8 Å². The molecule has 0 bridgehead atoms. The molecule has 1 fully saturated rings. The van der Waals surface area contributed by atoms with Gasteiger partial charge in [-0.1, -0.05) is 54.6 Å². The Morgan fingerprint density at radius 1 is 0.971 bits per heavy atom. The first-order valence-corrected chi connectivity index (χ1v) is 13.7. The highest BCUT2D eigenvalue weighted by atomic mass is 32.1. The Kier molecular flexibility index (Phi) is 5.92. The fourth-order valence-corrected chi connectivity index (χ4v) is 7.70. The predicted octanol–water partition coefficient (Wildman–Crippen LogP) is 6.40. The Morgan fingerprint density at radius 3 is 2.74 bits per heavy atom. The molecule has 1 aliphatic carbocycles. The second kappa shape index (κ2) is 9.07. The monoisotopic (exact) mass is 471 g/mol. The number of carbonyl (C=O) groups excluding carboxylic acids is 1. The van der Waals surface area contributed by atoms with E-state index in [1.54, 1.807) is 11.3 Å². The third kappa shape index (κ3) is 3.59. The highest BCUT2D eigenvalue weighted by Gasteiger charge is 2.48. The molecule has 176 valence electrons. The van der Waals surface area contributed by atoms with Crippen LogP contribution in [0.25, 0.3) is 0 Å². The number of hydrogen-bond donors (Lipinski definition) is 0. The summed E-state index contributed by atoms with van der Waals surface area (Å²) < 4.78 is 6.20. The van der Waals surface area contributed by atoms with Crippen LogP contribution in [0, 0.1) is 0 Å². The zero-order valence-corrected chi connectivity index (χ0v) is 20.6. The summed E-state index contributed by atoms with van der Waals surface area (Å²) in [4.78, 5) is 17.6. The van der Waals surface area contributed by atoms with Gasteiger partial charge < -0.3 is 4.74 Å². The summed E-state index contributed by atoms with van der Waals surface area (Å²) in [5, 5.41) is 2.10. The van der Waals surface area contributed by atoms with Crippen molar-refractivity contribution in [1.82, 2.24) is 4.90 Å². The van der Waals surface area contributed by atoms with Crippen molar-refractivity contribution in [2.24, 2.45) is 0 Å². The van der Waals surface area contributed by atoms with Gasteiger partial charge in [0.2, 0.25) is 0 Å². The maximum atomic E-state index is 13.7. The number of hydrogen-bond acceptors (Lipinski definition) is 4. The van der Waals surface area contributed by atoms with Crippen molar-refractivity contribution in [3.63, 3.8) is 0 Å². The number of ether oxygens (including phenoxy) is 1. The molecule has 3 aromatic rings. The molecule has 0 radical (unpaired) electrons. The molecule has 0 N–H and O–H groups in total. The molecule has 0 saturated carbocycles. The van der Waals surface area contributed by atoms with Crippen LogP contribution in [0.4, 0.5) is 0 Å². The van der Waals surface area contributed by atoms with E-state index in [-0.39, 0.29) is 11.0 Å². The smallest absolute Gasteiger partial charge is 0.184 e. The van der Waals surface area contributed by atoms with Crippen LogP contribution in [-0.2, 0) is 23.2 Å². The van der Waals surface area contributed by atoms with Crippen molar-refractivity contribution < 1.29 is 9.53 Å². The van der Waals surface area contributed by atoms with Gasteiger partial charge in [0, 0.05) is 15.9 Å². The number of aryl methyl sites for hydroxylation is 1. The van der Waals surface area contributed by atoms with Crippen molar-refractivity contribution >= 4 is 17.1 Å². The van der Waals surface area contributed by atoms with Crippen molar-refractivity contribution in [3.8, 4) is 0 Å². The largest absolute Gasteiger partial charge is 0.375 e. The molecule has 3 aliphatic rings. The van der Waals surface area contributed by atoms with Gasteiger partial charge in [-0.25, -0.2) is 0 Å². The lowest BCUT2D eigenvalue weighted by molar-refractivity contribution is 0.0252. The molecule has 1 spiro atoms. The van der Waals surface area contributed by atoms with E-state index in [0.717, 1.165) is 63.8 Å². The van der Waals surface area contributed by atoms with Gasteiger partial charge in [0.15, 0.2) is 5.78 Å². The van der Waals surface area contributed by atoms with E-state index in [1.165, 1.54) is 28.0 Å². The van der Waals surface area contributed by atoms with Gasteiger partial charge in [-0.2, -0.15) is 0 Å². The van der Waals surface area contributed by atoms with Gasteiger partial charge >= 0.3 is 0 Å². The number of Topliss-reactive ketones (excluding diaryl/α,β-unsaturated/α-hetero) is 1. The summed E-state index contributed by atoms with van der Waals surface area (Å²) in [6, 6.07) is 21.8. The maximum Gasteiger partial charge on any atom is 0.184 e. The van der Waals surface area contributed by atoms with Gasteiger partial charge in [-0.05, 0) is 86.2 Å². The SMILES string of the molecule is O=C1c2ccsc2CCC12CCCCN2CCCC1(c2ccccc2)COCc2ccccc21. The van der Waals surface area contributed by atoms with Crippen LogP contribution in [-0.4, -0.2) is 35.9 Å². The average Bonchev–Trinajstić information content (AvgIpc) is 3.38. The lowest BCUT2D eigenvalue weighted by Crippen LogP contribution is -2.59. The summed E-state index contributed by atoms with van der Waals surface area (Å²) in [5.41, 5.74) is 4.64. The molecule has 2 unspecified atom stereocenters. The first-order valence-electron chi connectivity index (χ1n) is 12.8. The number of rotatable bonds is 5. The van der Waals surface area contributed by atoms with Crippen LogP contribution in [0.15, 0.2) is 66.0 Å². The minimum atomic E-state index is -0.285. The van der Waals surface area contributed by atoms with E-state index in [2.05, 4.69) is 70.9 Å². The standard InChI is InChI=1S/C30H33NO2S/c32-28-25-14-20-34-27(25)13-17-30(28)16-6-7-18-31(30)19-8-15-29(24-10-2-1-3-11-24)22-33-21-23-9-4-5-12-26(23)29/h1-5,9-12,14,20H,6-8,13,15-19,21-22H2.